The molecule has 0 heterocycles. The number of carbonyl (C=O) groups excluding carboxylic acids is 1. The van der Waals surface area contributed by atoms with Crippen LogP contribution >= 0.6 is 0 Å². The van der Waals surface area contributed by atoms with E-state index >= 15 is 0 Å². The predicted molar refractivity (Wildman–Crippen MR) is 113 cm³/mol. The van der Waals surface area contributed by atoms with E-state index in [4.69, 9.17) is 0 Å². The van der Waals surface area contributed by atoms with Gasteiger partial charge in [0.05, 0.1) is 0 Å². The molecular formula is C24H41NO. The van der Waals surface area contributed by atoms with E-state index in [1.54, 1.807) is 0 Å². The number of hydrogen-bond acceptors (Lipinski definition) is 1. The number of amides is 1. The van der Waals surface area contributed by atoms with Crippen LogP contribution in [0, 0.1) is 22.7 Å². The summed E-state index contributed by atoms with van der Waals surface area (Å²) in [5, 5.41) is 3.11. The first-order valence-corrected chi connectivity index (χ1v) is 10.4. The van der Waals surface area contributed by atoms with Gasteiger partial charge >= 0.3 is 0 Å². The minimum atomic E-state index is 0.0432. The van der Waals surface area contributed by atoms with Crippen molar-refractivity contribution in [2.24, 2.45) is 22.7 Å². The third-order valence-corrected chi connectivity index (χ3v) is 6.83. The van der Waals surface area contributed by atoms with Gasteiger partial charge in [-0.2, -0.15) is 0 Å². The molecule has 26 heavy (non-hydrogen) atoms. The molecule has 2 nitrogen and oxygen atoms in total. The Hall–Kier alpha value is -1.31. The number of carbonyl (C=O) groups is 1. The van der Waals surface area contributed by atoms with Crippen LogP contribution in [0.5, 0.6) is 0 Å². The van der Waals surface area contributed by atoms with Gasteiger partial charge in [0, 0.05) is 12.1 Å². The van der Waals surface area contributed by atoms with E-state index in [2.05, 4.69) is 53.8 Å². The molecule has 0 fully saturated rings. The molecule has 1 aromatic carbocycles. The standard InChI is InChI=1S/C24H41NO/c1-8-9-13-20(18-23(4,5)24(6,7)19(2)3)16-17-25-22(26)21-14-11-10-12-15-21/h10-12,14-15,19-20H,8-9,13,16-18H2,1-7H3,(H,25,26). The summed E-state index contributed by atoms with van der Waals surface area (Å²) in [6, 6.07) is 9.51. The number of rotatable bonds is 11. The van der Waals surface area contributed by atoms with Gasteiger partial charge in [0.15, 0.2) is 0 Å². The van der Waals surface area contributed by atoms with Crippen molar-refractivity contribution in [3.63, 3.8) is 0 Å². The molecule has 1 aromatic rings. The molecule has 0 radical (unpaired) electrons. The number of hydrogen-bond donors (Lipinski definition) is 1. The maximum atomic E-state index is 12.3. The van der Waals surface area contributed by atoms with Gasteiger partial charge in [0.2, 0.25) is 0 Å². The highest BCUT2D eigenvalue weighted by atomic mass is 16.1. The van der Waals surface area contributed by atoms with Crippen LogP contribution in [-0.2, 0) is 0 Å². The second-order valence-corrected chi connectivity index (χ2v) is 9.38. The van der Waals surface area contributed by atoms with E-state index in [1.165, 1.54) is 25.7 Å². The van der Waals surface area contributed by atoms with Crippen LogP contribution in [0.15, 0.2) is 30.3 Å². The minimum Gasteiger partial charge on any atom is -0.352 e. The molecule has 1 atom stereocenters. The fraction of sp³-hybridized carbons (Fsp3) is 0.708. The molecule has 1 amide bonds. The van der Waals surface area contributed by atoms with Crippen LogP contribution in [-0.4, -0.2) is 12.5 Å². The first-order valence-electron chi connectivity index (χ1n) is 10.4. The molecule has 1 unspecified atom stereocenters. The van der Waals surface area contributed by atoms with Crippen molar-refractivity contribution in [2.75, 3.05) is 6.54 Å². The van der Waals surface area contributed by atoms with E-state index in [1.807, 2.05) is 30.3 Å². The lowest BCUT2D eigenvalue weighted by atomic mass is 9.58. The SMILES string of the molecule is CCCCC(CCNC(=O)c1ccccc1)CC(C)(C)C(C)(C)C(C)C. The zero-order valence-electron chi connectivity index (χ0n) is 18.2. The smallest absolute Gasteiger partial charge is 0.251 e. The summed E-state index contributed by atoms with van der Waals surface area (Å²) in [7, 11) is 0. The molecule has 0 aliphatic heterocycles. The predicted octanol–water partition coefficient (Wildman–Crippen LogP) is 6.71. The summed E-state index contributed by atoms with van der Waals surface area (Å²) in [6.07, 6.45) is 6.06. The Balaban J connectivity index is 2.65. The summed E-state index contributed by atoms with van der Waals surface area (Å²) in [5.41, 5.74) is 1.33. The lowest BCUT2D eigenvalue weighted by Gasteiger charge is -2.47. The van der Waals surface area contributed by atoms with Crippen molar-refractivity contribution in [2.45, 2.75) is 80.6 Å². The van der Waals surface area contributed by atoms with E-state index < -0.39 is 0 Å². The van der Waals surface area contributed by atoms with Gasteiger partial charge in [-0.05, 0) is 47.6 Å². The second-order valence-electron chi connectivity index (χ2n) is 9.38. The summed E-state index contributed by atoms with van der Waals surface area (Å²) in [4.78, 5) is 12.3. The molecule has 148 valence electrons. The van der Waals surface area contributed by atoms with Crippen LogP contribution in [0.1, 0.15) is 90.9 Å². The van der Waals surface area contributed by atoms with Gasteiger partial charge in [-0.1, -0.05) is 85.9 Å². The Bertz CT molecular complexity index is 530. The lowest BCUT2D eigenvalue weighted by molar-refractivity contribution is 0.0291. The zero-order chi connectivity index (χ0) is 19.8. The average molecular weight is 360 g/mol. The molecule has 0 saturated carbocycles. The van der Waals surface area contributed by atoms with Gasteiger partial charge in [0.1, 0.15) is 0 Å². The molecule has 1 rings (SSSR count). The summed E-state index contributed by atoms with van der Waals surface area (Å²) in [6.45, 7) is 17.4. The molecule has 1 N–H and O–H groups in total. The van der Waals surface area contributed by atoms with Crippen LogP contribution < -0.4 is 5.32 Å². The Morgan fingerprint density at radius 1 is 1.04 bits per heavy atom. The van der Waals surface area contributed by atoms with E-state index in [-0.39, 0.29) is 11.3 Å². The largest absolute Gasteiger partial charge is 0.352 e. The molecule has 0 aliphatic carbocycles. The van der Waals surface area contributed by atoms with Crippen molar-refractivity contribution in [1.29, 1.82) is 0 Å². The number of unbranched alkanes of at least 4 members (excludes halogenated alkanes) is 1. The maximum Gasteiger partial charge on any atom is 0.251 e. The van der Waals surface area contributed by atoms with Gasteiger partial charge < -0.3 is 5.32 Å². The third-order valence-electron chi connectivity index (χ3n) is 6.83. The van der Waals surface area contributed by atoms with E-state index in [0.29, 0.717) is 17.3 Å². The fourth-order valence-electron chi connectivity index (χ4n) is 3.69. The fourth-order valence-corrected chi connectivity index (χ4v) is 3.69. The molecule has 0 aromatic heterocycles. The highest BCUT2D eigenvalue weighted by Crippen LogP contribution is 2.49. The Kier molecular flexibility index (Phi) is 8.86. The van der Waals surface area contributed by atoms with Crippen LogP contribution in [0.25, 0.3) is 0 Å². The summed E-state index contributed by atoms with van der Waals surface area (Å²) >= 11 is 0. The Morgan fingerprint density at radius 3 is 2.19 bits per heavy atom. The molecule has 0 bridgehead atoms. The second kappa shape index (κ2) is 10.1. The molecule has 0 saturated heterocycles. The van der Waals surface area contributed by atoms with Crippen LogP contribution in [0.4, 0.5) is 0 Å². The monoisotopic (exact) mass is 359 g/mol. The van der Waals surface area contributed by atoms with Gasteiger partial charge in [-0.15, -0.1) is 0 Å². The van der Waals surface area contributed by atoms with Crippen molar-refractivity contribution >= 4 is 5.91 Å². The topological polar surface area (TPSA) is 29.1 Å². The quantitative estimate of drug-likeness (QED) is 0.467. The van der Waals surface area contributed by atoms with Crippen molar-refractivity contribution in [3.05, 3.63) is 35.9 Å². The van der Waals surface area contributed by atoms with Crippen LogP contribution in [0.3, 0.4) is 0 Å². The van der Waals surface area contributed by atoms with Crippen LogP contribution in [0.2, 0.25) is 0 Å². The van der Waals surface area contributed by atoms with E-state index in [0.717, 1.165) is 18.5 Å². The lowest BCUT2D eigenvalue weighted by Crippen LogP contribution is -2.39. The maximum absolute atomic E-state index is 12.3. The minimum absolute atomic E-state index is 0.0432. The van der Waals surface area contributed by atoms with E-state index in [9.17, 15) is 4.79 Å². The highest BCUT2D eigenvalue weighted by Gasteiger charge is 2.40. The normalized spacial score (nSPS) is 13.7. The number of benzene rings is 1. The average Bonchev–Trinajstić information content (AvgIpc) is 2.59. The van der Waals surface area contributed by atoms with Gasteiger partial charge in [-0.25, -0.2) is 0 Å². The third kappa shape index (κ3) is 6.45. The molecule has 0 aliphatic rings. The summed E-state index contributed by atoms with van der Waals surface area (Å²) in [5.74, 6) is 1.36. The van der Waals surface area contributed by atoms with Crippen molar-refractivity contribution < 1.29 is 4.79 Å². The highest BCUT2D eigenvalue weighted by molar-refractivity contribution is 5.94. The molecule has 0 spiro atoms. The molecule has 2 heteroatoms. The molecular weight excluding hydrogens is 318 g/mol. The zero-order valence-corrected chi connectivity index (χ0v) is 18.2. The Morgan fingerprint density at radius 2 is 1.65 bits per heavy atom. The van der Waals surface area contributed by atoms with Gasteiger partial charge in [0.25, 0.3) is 5.91 Å². The first-order chi connectivity index (χ1) is 12.1. The van der Waals surface area contributed by atoms with Gasteiger partial charge in [-0.3, -0.25) is 4.79 Å². The summed E-state index contributed by atoms with van der Waals surface area (Å²) < 4.78 is 0. The van der Waals surface area contributed by atoms with Crippen molar-refractivity contribution in [1.82, 2.24) is 5.32 Å². The number of nitrogens with one attached hydrogen (secondary N) is 1. The van der Waals surface area contributed by atoms with Crippen molar-refractivity contribution in [3.8, 4) is 0 Å². The Labute approximate surface area is 162 Å². The first kappa shape index (κ1) is 22.7.